The lowest BCUT2D eigenvalue weighted by Gasteiger charge is -2.08. The van der Waals surface area contributed by atoms with Crippen molar-refractivity contribution in [3.05, 3.63) is 45.9 Å². The van der Waals surface area contributed by atoms with Crippen LogP contribution in [0, 0.1) is 24.3 Å². The molecule has 1 aromatic heterocycles. The van der Waals surface area contributed by atoms with E-state index in [1.165, 1.54) is 6.07 Å². The Balaban J connectivity index is 2.71. The Hall–Kier alpha value is -1.55. The molecule has 2 rings (SSSR count). The molecule has 0 spiro atoms. The first-order valence-electron chi connectivity index (χ1n) is 4.92. The highest BCUT2D eigenvalue weighted by molar-refractivity contribution is 7.71. The van der Waals surface area contributed by atoms with Crippen molar-refractivity contribution in [3.63, 3.8) is 0 Å². The fraction of sp³-hybridized carbons (Fsp3) is 0.167. The van der Waals surface area contributed by atoms with Crippen LogP contribution >= 0.6 is 12.2 Å². The van der Waals surface area contributed by atoms with E-state index in [1.54, 1.807) is 18.2 Å². The smallest absolute Gasteiger partial charge is 0.132 e. The summed E-state index contributed by atoms with van der Waals surface area (Å²) in [6, 6.07) is 6.58. The molecule has 1 N–H and O–H groups in total. The first-order chi connectivity index (χ1) is 7.61. The summed E-state index contributed by atoms with van der Waals surface area (Å²) in [5.41, 5.74) is 2.95. The normalized spacial score (nSPS) is 10.4. The van der Waals surface area contributed by atoms with E-state index in [0.717, 1.165) is 11.1 Å². The van der Waals surface area contributed by atoms with Crippen molar-refractivity contribution in [1.29, 1.82) is 0 Å². The van der Waals surface area contributed by atoms with E-state index in [1.807, 2.05) is 13.8 Å². The third kappa shape index (κ3) is 1.76. The van der Waals surface area contributed by atoms with Crippen molar-refractivity contribution < 1.29 is 4.39 Å². The maximum absolute atomic E-state index is 13.6. The number of halogens is 1. The molecule has 0 fully saturated rings. The maximum Gasteiger partial charge on any atom is 0.132 e. The van der Waals surface area contributed by atoms with Gasteiger partial charge in [-0.2, -0.15) is 5.10 Å². The highest BCUT2D eigenvalue weighted by Gasteiger charge is 2.10. The van der Waals surface area contributed by atoms with Gasteiger partial charge in [0.05, 0.1) is 5.69 Å². The minimum absolute atomic E-state index is 0.275. The average Bonchev–Trinajstić information content (AvgIpc) is 2.28. The summed E-state index contributed by atoms with van der Waals surface area (Å²) in [4.78, 5) is 0. The number of rotatable bonds is 1. The highest BCUT2D eigenvalue weighted by atomic mass is 32.1. The second kappa shape index (κ2) is 4.14. The number of hydrogen-bond donors (Lipinski definition) is 1. The van der Waals surface area contributed by atoms with Gasteiger partial charge < -0.3 is 0 Å². The fourth-order valence-corrected chi connectivity index (χ4v) is 1.74. The summed E-state index contributed by atoms with van der Waals surface area (Å²) in [6.45, 7) is 3.80. The third-order valence-corrected chi connectivity index (χ3v) is 3.05. The molecule has 0 aliphatic carbocycles. The fourth-order valence-electron chi connectivity index (χ4n) is 1.54. The van der Waals surface area contributed by atoms with Crippen LogP contribution in [0.2, 0.25) is 0 Å². The molecule has 2 aromatic rings. The molecule has 0 aliphatic heterocycles. The largest absolute Gasteiger partial charge is 0.267 e. The SMILES string of the molecule is Cc1c(-c2ccccc2F)n[nH]c(=S)c1C. The minimum atomic E-state index is -0.275. The molecule has 4 heteroatoms. The lowest BCUT2D eigenvalue weighted by Crippen LogP contribution is -1.97. The van der Waals surface area contributed by atoms with E-state index < -0.39 is 0 Å². The van der Waals surface area contributed by atoms with Gasteiger partial charge in [-0.3, -0.25) is 5.10 Å². The zero-order chi connectivity index (χ0) is 11.7. The topological polar surface area (TPSA) is 28.7 Å². The molecule has 1 heterocycles. The Morgan fingerprint density at radius 1 is 1.19 bits per heavy atom. The highest BCUT2D eigenvalue weighted by Crippen LogP contribution is 2.24. The second-order valence-corrected chi connectivity index (χ2v) is 4.04. The van der Waals surface area contributed by atoms with Crippen molar-refractivity contribution in [1.82, 2.24) is 10.2 Å². The third-order valence-electron chi connectivity index (χ3n) is 2.66. The van der Waals surface area contributed by atoms with Crippen LogP contribution < -0.4 is 0 Å². The molecule has 0 amide bonds. The van der Waals surface area contributed by atoms with Gasteiger partial charge in [-0.1, -0.05) is 24.4 Å². The summed E-state index contributed by atoms with van der Waals surface area (Å²) in [5, 5.41) is 6.83. The summed E-state index contributed by atoms with van der Waals surface area (Å²) in [7, 11) is 0. The van der Waals surface area contributed by atoms with Crippen molar-refractivity contribution in [3.8, 4) is 11.3 Å². The van der Waals surface area contributed by atoms with Gasteiger partial charge in [-0.25, -0.2) is 4.39 Å². The number of H-pyrrole nitrogens is 1. The Labute approximate surface area is 98.2 Å². The quantitative estimate of drug-likeness (QED) is 0.764. The lowest BCUT2D eigenvalue weighted by atomic mass is 10.0. The Morgan fingerprint density at radius 3 is 2.56 bits per heavy atom. The van der Waals surface area contributed by atoms with E-state index in [0.29, 0.717) is 15.9 Å². The summed E-state index contributed by atoms with van der Waals surface area (Å²) < 4.78 is 14.2. The Bertz CT molecular complexity index is 590. The molecule has 0 radical (unpaired) electrons. The zero-order valence-electron chi connectivity index (χ0n) is 9.04. The number of aromatic nitrogens is 2. The van der Waals surface area contributed by atoms with Crippen LogP contribution in [-0.2, 0) is 0 Å². The summed E-state index contributed by atoms with van der Waals surface area (Å²) >= 11 is 5.07. The molecule has 0 bridgehead atoms. The second-order valence-electron chi connectivity index (χ2n) is 3.63. The number of benzene rings is 1. The van der Waals surface area contributed by atoms with Gasteiger partial charge in [-0.15, -0.1) is 0 Å². The first kappa shape index (κ1) is 11.0. The van der Waals surface area contributed by atoms with Crippen molar-refractivity contribution in [2.45, 2.75) is 13.8 Å². The van der Waals surface area contributed by atoms with Crippen molar-refractivity contribution in [2.75, 3.05) is 0 Å². The maximum atomic E-state index is 13.6. The minimum Gasteiger partial charge on any atom is -0.267 e. The van der Waals surface area contributed by atoms with Gasteiger partial charge in [0, 0.05) is 5.56 Å². The van der Waals surface area contributed by atoms with Crippen LogP contribution in [0.25, 0.3) is 11.3 Å². The molecule has 2 nitrogen and oxygen atoms in total. The van der Waals surface area contributed by atoms with Crippen LogP contribution in [0.4, 0.5) is 4.39 Å². The zero-order valence-corrected chi connectivity index (χ0v) is 9.86. The Kier molecular flexibility index (Phi) is 2.83. The predicted octanol–water partition coefficient (Wildman–Crippen LogP) is 3.56. The van der Waals surface area contributed by atoms with Gasteiger partial charge in [0.15, 0.2) is 0 Å². The number of aromatic amines is 1. The van der Waals surface area contributed by atoms with Gasteiger partial charge in [0.25, 0.3) is 0 Å². The summed E-state index contributed by atoms with van der Waals surface area (Å²) in [6.07, 6.45) is 0. The van der Waals surface area contributed by atoms with Crippen LogP contribution in [0.5, 0.6) is 0 Å². The average molecular weight is 234 g/mol. The van der Waals surface area contributed by atoms with E-state index in [9.17, 15) is 4.39 Å². The van der Waals surface area contributed by atoms with E-state index in [4.69, 9.17) is 12.2 Å². The molecule has 0 unspecified atom stereocenters. The number of hydrogen-bond acceptors (Lipinski definition) is 2. The standard InChI is InChI=1S/C12H11FN2S/c1-7-8(2)12(16)15-14-11(7)9-5-3-4-6-10(9)13/h3-6H,1-2H3,(H,15,16). The van der Waals surface area contributed by atoms with Gasteiger partial charge in [-0.05, 0) is 37.1 Å². The van der Waals surface area contributed by atoms with E-state index >= 15 is 0 Å². The molecule has 82 valence electrons. The number of nitrogens with one attached hydrogen (secondary N) is 1. The molecule has 0 aliphatic rings. The summed E-state index contributed by atoms with van der Waals surface area (Å²) in [5.74, 6) is -0.275. The monoisotopic (exact) mass is 234 g/mol. The van der Waals surface area contributed by atoms with Crippen LogP contribution in [-0.4, -0.2) is 10.2 Å². The predicted molar refractivity (Wildman–Crippen MR) is 64.3 cm³/mol. The van der Waals surface area contributed by atoms with Crippen molar-refractivity contribution in [2.24, 2.45) is 0 Å². The number of nitrogens with zero attached hydrogens (tertiary/aromatic N) is 1. The molecule has 16 heavy (non-hydrogen) atoms. The Morgan fingerprint density at radius 2 is 1.88 bits per heavy atom. The van der Waals surface area contributed by atoms with Crippen LogP contribution in [0.15, 0.2) is 24.3 Å². The lowest BCUT2D eigenvalue weighted by molar-refractivity contribution is 0.630. The molecule has 0 atom stereocenters. The van der Waals surface area contributed by atoms with Crippen LogP contribution in [0.1, 0.15) is 11.1 Å². The van der Waals surface area contributed by atoms with Gasteiger partial charge >= 0.3 is 0 Å². The van der Waals surface area contributed by atoms with Gasteiger partial charge in [0.1, 0.15) is 10.5 Å². The first-order valence-corrected chi connectivity index (χ1v) is 5.33. The van der Waals surface area contributed by atoms with E-state index in [2.05, 4.69) is 10.2 Å². The van der Waals surface area contributed by atoms with E-state index in [-0.39, 0.29) is 5.82 Å². The molecular weight excluding hydrogens is 223 g/mol. The molecular formula is C12H11FN2S. The van der Waals surface area contributed by atoms with Crippen molar-refractivity contribution >= 4 is 12.2 Å². The van der Waals surface area contributed by atoms with Gasteiger partial charge in [0.2, 0.25) is 0 Å². The molecule has 1 aromatic carbocycles. The van der Waals surface area contributed by atoms with Crippen LogP contribution in [0.3, 0.4) is 0 Å². The molecule has 0 saturated carbocycles. The molecule has 0 saturated heterocycles.